The van der Waals surface area contributed by atoms with Crippen molar-refractivity contribution >= 4 is 35.3 Å². The molecule has 0 heterocycles. The van der Waals surface area contributed by atoms with Crippen LogP contribution >= 0.6 is 0 Å². The number of carbonyl (C=O) groups is 6. The maximum atomic E-state index is 11.8. The number of hydrogen-bond acceptors (Lipinski definition) is 12. The van der Waals surface area contributed by atoms with E-state index in [1.54, 1.807) is 20.8 Å². The van der Waals surface area contributed by atoms with Crippen LogP contribution in [-0.2, 0) is 75.7 Å². The first-order valence-corrected chi connectivity index (χ1v) is 17.8. The summed E-state index contributed by atoms with van der Waals surface area (Å²) in [7, 11) is 0. The average Bonchev–Trinajstić information content (AvgIpc) is 3.04. The van der Waals surface area contributed by atoms with Crippen LogP contribution in [0.1, 0.15) is 159 Å². The Bertz CT molecular complexity index is 837. The van der Waals surface area contributed by atoms with Crippen LogP contribution in [0.2, 0.25) is 0 Å². The van der Waals surface area contributed by atoms with Gasteiger partial charge in [0, 0.05) is 39.1 Å². The third-order valence-corrected chi connectivity index (χ3v) is 7.80. The maximum absolute atomic E-state index is 11.8. The second-order valence-electron chi connectivity index (χ2n) is 11.5. The van der Waals surface area contributed by atoms with E-state index >= 15 is 0 Å². The molecule has 0 aliphatic carbocycles. The number of carbonyl (C=O) groups excluding carboxylic acids is 6. The summed E-state index contributed by atoms with van der Waals surface area (Å²) >= 11 is 0. The molecule has 0 aromatic rings. The quantitative estimate of drug-likeness (QED) is 0.0873. The van der Waals surface area contributed by atoms with Crippen LogP contribution in [0, 0.1) is 0 Å². The van der Waals surface area contributed by atoms with E-state index in [9.17, 15) is 44.1 Å². The Morgan fingerprint density at radius 2 is 0.612 bits per heavy atom. The van der Waals surface area contributed by atoms with Gasteiger partial charge in [-0.1, -0.05) is 81.6 Å². The van der Waals surface area contributed by atoms with Crippen LogP contribution in [0.4, 0.5) is 0 Å². The Kier molecular flexibility index (Phi) is 34.5. The van der Waals surface area contributed by atoms with E-state index in [4.69, 9.17) is 14.2 Å². The molecule has 0 rings (SSSR count). The van der Waals surface area contributed by atoms with Gasteiger partial charge in [-0.25, -0.2) is 0 Å². The van der Waals surface area contributed by atoms with Gasteiger partial charge in [0.25, 0.3) is 0 Å². The summed E-state index contributed by atoms with van der Waals surface area (Å²) in [6, 6.07) is 0. The van der Waals surface area contributed by atoms with E-state index in [2.05, 4.69) is 0 Å². The predicted octanol–water partition coefficient (Wildman–Crippen LogP) is 3.21. The first-order chi connectivity index (χ1) is 22.6. The monoisotopic (exact) mass is 776 g/mol. The fraction of sp³-hybridized carbons (Fsp3) is 0.833. The van der Waals surface area contributed by atoms with Crippen molar-refractivity contribution < 1.29 is 91.0 Å². The Labute approximate surface area is 320 Å². The molecule has 0 aliphatic rings. The first-order valence-electron chi connectivity index (χ1n) is 17.8. The average molecular weight is 777 g/mol. The van der Waals surface area contributed by atoms with Gasteiger partial charge in [-0.3, -0.25) is 14.4 Å². The normalized spacial score (nSPS) is 14.1. The van der Waals surface area contributed by atoms with E-state index in [0.717, 1.165) is 38.5 Å². The second kappa shape index (κ2) is 31.2. The molecular weight excluding hydrogens is 713 g/mol. The molecule has 0 aliphatic heterocycles. The van der Waals surface area contributed by atoms with Crippen molar-refractivity contribution in [1.82, 2.24) is 0 Å². The molecule has 282 valence electrons. The van der Waals surface area contributed by atoms with Crippen molar-refractivity contribution in [1.29, 1.82) is 0 Å². The van der Waals surface area contributed by atoms with E-state index in [-0.39, 0.29) is 108 Å². The van der Waals surface area contributed by atoms with Crippen LogP contribution in [0.5, 0.6) is 0 Å². The minimum atomic E-state index is -1.73. The minimum absolute atomic E-state index is 0. The number of unbranched alkanes of at least 4 members (excludes halogenated alkanes) is 3. The molecule has 3 unspecified atom stereocenters. The largest absolute Gasteiger partial charge is 3.00 e. The fourth-order valence-corrected chi connectivity index (χ4v) is 4.55. The third kappa shape index (κ3) is 18.5. The standard InChI is InChI=1S/3C12H22O4.Y/c3*1-4-7-9-16-12(6-3,11(14)15)10(13)8-5-2;/h3*4-9H2,1-3H3,(H,14,15);/q;;;+3/p-3. The van der Waals surface area contributed by atoms with E-state index in [0.29, 0.717) is 19.3 Å². The molecule has 0 saturated carbocycles. The molecule has 13 heteroatoms. The molecule has 0 spiro atoms. The third-order valence-electron chi connectivity index (χ3n) is 7.80. The smallest absolute Gasteiger partial charge is 0.546 e. The van der Waals surface area contributed by atoms with Gasteiger partial charge in [0.15, 0.2) is 34.2 Å². The van der Waals surface area contributed by atoms with Gasteiger partial charge in [0.2, 0.25) is 0 Å². The van der Waals surface area contributed by atoms with Gasteiger partial charge in [0.05, 0.1) is 17.9 Å². The summed E-state index contributed by atoms with van der Waals surface area (Å²) in [6.07, 6.45) is 7.79. The number of Topliss-reactive ketones (excluding diaryl/α,β-unsaturated/α-hetero) is 3. The zero-order valence-corrected chi connectivity index (χ0v) is 34.5. The van der Waals surface area contributed by atoms with Gasteiger partial charge in [-0.05, 0) is 57.8 Å². The van der Waals surface area contributed by atoms with E-state index < -0.39 is 34.7 Å². The van der Waals surface area contributed by atoms with Gasteiger partial charge in [-0.15, -0.1) is 0 Å². The SMILES string of the molecule is CCCCOC(CC)(C(=O)[O-])C(=O)CCC.CCCCOC(CC)(C(=O)[O-])C(=O)CCC.CCCCOC(CC)(C(=O)[O-])C(=O)CCC.[Y+3]. The van der Waals surface area contributed by atoms with Crippen molar-refractivity contribution in [3.63, 3.8) is 0 Å². The summed E-state index contributed by atoms with van der Waals surface area (Å²) in [4.78, 5) is 68.7. The van der Waals surface area contributed by atoms with Crippen molar-refractivity contribution in [2.45, 2.75) is 175 Å². The number of rotatable bonds is 27. The molecule has 0 radical (unpaired) electrons. The van der Waals surface area contributed by atoms with Crippen LogP contribution in [-0.4, -0.2) is 71.9 Å². The van der Waals surface area contributed by atoms with Crippen LogP contribution in [0.3, 0.4) is 0 Å². The van der Waals surface area contributed by atoms with Gasteiger partial charge >= 0.3 is 32.7 Å². The molecule has 12 nitrogen and oxygen atoms in total. The van der Waals surface area contributed by atoms with Crippen molar-refractivity contribution in [2.75, 3.05) is 19.8 Å². The molecule has 0 aromatic carbocycles. The molecule has 0 aromatic heterocycles. The topological polar surface area (TPSA) is 199 Å². The minimum Gasteiger partial charge on any atom is -0.546 e. The number of aliphatic carboxylic acids is 3. The van der Waals surface area contributed by atoms with Crippen LogP contribution in [0.25, 0.3) is 0 Å². The molecule has 0 amide bonds. The van der Waals surface area contributed by atoms with Crippen molar-refractivity contribution in [3.05, 3.63) is 0 Å². The molecule has 3 atom stereocenters. The summed E-state index contributed by atoms with van der Waals surface area (Å²) < 4.78 is 15.9. The number of ether oxygens (including phenoxy) is 3. The number of ketones is 3. The Balaban J connectivity index is -0.000000307. The fourth-order valence-electron chi connectivity index (χ4n) is 4.55. The summed E-state index contributed by atoms with van der Waals surface area (Å²) in [5, 5.41) is 33.3. The molecule has 0 N–H and O–H groups in total. The number of hydrogen-bond donors (Lipinski definition) is 0. The van der Waals surface area contributed by atoms with Gasteiger partial charge < -0.3 is 43.9 Å². The maximum Gasteiger partial charge on any atom is 3.00 e. The predicted molar refractivity (Wildman–Crippen MR) is 176 cm³/mol. The molecule has 0 saturated heterocycles. The second-order valence-corrected chi connectivity index (χ2v) is 11.5. The molecule has 0 bridgehead atoms. The number of carboxylic acids is 3. The zero-order valence-electron chi connectivity index (χ0n) is 31.7. The number of carboxylic acid groups (broad SMARTS) is 3. The molecule has 49 heavy (non-hydrogen) atoms. The van der Waals surface area contributed by atoms with Crippen molar-refractivity contribution in [3.8, 4) is 0 Å². The summed E-state index contributed by atoms with van der Waals surface area (Å²) in [5.41, 5.74) is -5.19. The van der Waals surface area contributed by atoms with Crippen LogP contribution in [0.15, 0.2) is 0 Å². The van der Waals surface area contributed by atoms with E-state index in [1.165, 1.54) is 0 Å². The van der Waals surface area contributed by atoms with Crippen molar-refractivity contribution in [2.24, 2.45) is 0 Å². The Morgan fingerprint density at radius 3 is 0.735 bits per heavy atom. The van der Waals surface area contributed by atoms with E-state index in [1.807, 2.05) is 41.5 Å². The van der Waals surface area contributed by atoms with Crippen LogP contribution < -0.4 is 15.3 Å². The molecular formula is C36H63O12Y. The first kappa shape index (κ1) is 54.2. The van der Waals surface area contributed by atoms with Gasteiger partial charge in [0.1, 0.15) is 0 Å². The zero-order chi connectivity index (χ0) is 37.8. The van der Waals surface area contributed by atoms with Gasteiger partial charge in [-0.2, -0.15) is 0 Å². The summed E-state index contributed by atoms with van der Waals surface area (Å²) in [5.74, 6) is -5.38. The molecule has 0 fully saturated rings. The Morgan fingerprint density at radius 1 is 0.408 bits per heavy atom. The summed E-state index contributed by atoms with van der Waals surface area (Å²) in [6.45, 7) is 17.2. The Hall–Kier alpha value is -1.60.